The van der Waals surface area contributed by atoms with Crippen LogP contribution in [0, 0.1) is 0 Å². The van der Waals surface area contributed by atoms with E-state index in [-0.39, 0.29) is 0 Å². The Morgan fingerprint density at radius 1 is 1.33 bits per heavy atom. The van der Waals surface area contributed by atoms with Crippen molar-refractivity contribution in [3.63, 3.8) is 0 Å². The van der Waals surface area contributed by atoms with E-state index in [9.17, 15) is 0 Å². The summed E-state index contributed by atoms with van der Waals surface area (Å²) in [6.07, 6.45) is 1.06. The normalized spacial score (nSPS) is 16.1. The van der Waals surface area contributed by atoms with E-state index in [1.165, 1.54) is 0 Å². The predicted octanol–water partition coefficient (Wildman–Crippen LogP) is 1.41. The molecule has 0 amide bonds. The van der Waals surface area contributed by atoms with Gasteiger partial charge in [0, 0.05) is 24.5 Å². The number of nitrogens with one attached hydrogen (secondary N) is 1. The van der Waals surface area contributed by atoms with Gasteiger partial charge in [0.15, 0.2) is 5.96 Å². The molecule has 1 heterocycles. The van der Waals surface area contributed by atoms with E-state index in [1.54, 1.807) is 0 Å². The van der Waals surface area contributed by atoms with Crippen LogP contribution in [0.2, 0.25) is 0 Å². The Morgan fingerprint density at radius 3 is 2.67 bits per heavy atom. The molecule has 3 N–H and O–H groups in total. The molecule has 0 aliphatic carbocycles. The molecule has 1 atom stereocenters. The molecule has 15 heavy (non-hydrogen) atoms. The van der Waals surface area contributed by atoms with Crippen LogP contribution in [0.15, 0.2) is 29.3 Å². The van der Waals surface area contributed by atoms with Gasteiger partial charge in [-0.15, -0.1) is 0 Å². The molecule has 0 radical (unpaired) electrons. The highest BCUT2D eigenvalue weighted by Gasteiger charge is 2.13. The van der Waals surface area contributed by atoms with Crippen molar-refractivity contribution >= 4 is 26.7 Å². The highest BCUT2D eigenvalue weighted by Crippen LogP contribution is 2.20. The first-order valence-electron chi connectivity index (χ1n) is 4.95. The van der Waals surface area contributed by atoms with E-state index < -0.39 is 0 Å². The lowest BCUT2D eigenvalue weighted by atomic mass is 10.2. The van der Waals surface area contributed by atoms with Gasteiger partial charge in [-0.05, 0) is 40.1 Å². The van der Waals surface area contributed by atoms with Gasteiger partial charge in [0.1, 0.15) is 0 Å². The largest absolute Gasteiger partial charge is 0.370 e. The van der Waals surface area contributed by atoms with Crippen molar-refractivity contribution in [2.45, 2.75) is 6.42 Å². The Morgan fingerprint density at radius 2 is 2.07 bits per heavy atom. The van der Waals surface area contributed by atoms with Gasteiger partial charge in [-0.3, -0.25) is 4.99 Å². The Labute approximate surface area is 91.8 Å². The molecule has 5 heteroatoms. The minimum Gasteiger partial charge on any atom is -0.370 e. The molecule has 0 aromatic heterocycles. The summed E-state index contributed by atoms with van der Waals surface area (Å²) < 4.78 is 0. The summed E-state index contributed by atoms with van der Waals surface area (Å²) in [6.45, 7) is 1.79. The maximum atomic E-state index is 5.84. The molecule has 0 fully saturated rings. The van der Waals surface area contributed by atoms with Crippen molar-refractivity contribution < 1.29 is 0 Å². The monoisotopic (exact) mass is 222 g/mol. The van der Waals surface area contributed by atoms with Gasteiger partial charge in [-0.1, -0.05) is 0 Å². The van der Waals surface area contributed by atoms with E-state index in [2.05, 4.69) is 19.5 Å². The van der Waals surface area contributed by atoms with Gasteiger partial charge in [0.25, 0.3) is 0 Å². The van der Waals surface area contributed by atoms with Crippen molar-refractivity contribution in [1.29, 1.82) is 0 Å². The molecular weight excluding hydrogens is 207 g/mol. The van der Waals surface area contributed by atoms with E-state index in [0.29, 0.717) is 5.96 Å². The molecule has 0 saturated heterocycles. The van der Waals surface area contributed by atoms with E-state index in [0.717, 1.165) is 30.9 Å². The molecule has 4 nitrogen and oxygen atoms in total. The lowest BCUT2D eigenvalue weighted by Gasteiger charge is -2.26. The smallest absolute Gasteiger partial charge is 0.195 e. The third-order valence-corrected chi connectivity index (χ3v) is 2.77. The minimum atomic E-state index is 0.618. The number of aliphatic imine (C=N–C) groups is 1. The molecule has 0 bridgehead atoms. The highest BCUT2D eigenvalue weighted by molar-refractivity contribution is 7.18. The molecule has 1 aliphatic heterocycles. The summed E-state index contributed by atoms with van der Waals surface area (Å²) in [6, 6.07) is 8.12. The summed E-state index contributed by atoms with van der Waals surface area (Å²) in [5.74, 6) is 0.618. The quantitative estimate of drug-likeness (QED) is 0.744. The summed E-state index contributed by atoms with van der Waals surface area (Å²) in [5, 5.41) is 3.00. The molecule has 0 spiro atoms. The summed E-state index contributed by atoms with van der Waals surface area (Å²) in [7, 11) is 2.47. The lowest BCUT2D eigenvalue weighted by molar-refractivity contribution is 0.785. The first-order chi connectivity index (χ1) is 7.31. The van der Waals surface area contributed by atoms with E-state index >= 15 is 0 Å². The number of hydrogen-bond donors (Lipinski definition) is 2. The SMILES string of the molecule is NC1=NCCCN1c1ccc(NP)cc1. The zero-order chi connectivity index (χ0) is 10.7. The first kappa shape index (κ1) is 10.2. The Bertz CT molecular complexity index is 360. The van der Waals surface area contributed by atoms with Gasteiger partial charge >= 0.3 is 0 Å². The summed E-state index contributed by atoms with van der Waals surface area (Å²) in [4.78, 5) is 6.27. The first-order valence-corrected chi connectivity index (χ1v) is 5.53. The Hall–Kier alpha value is -1.28. The number of hydrogen-bond acceptors (Lipinski definition) is 4. The molecule has 80 valence electrons. The lowest BCUT2D eigenvalue weighted by Crippen LogP contribution is -2.41. The second-order valence-electron chi connectivity index (χ2n) is 3.44. The maximum absolute atomic E-state index is 5.84. The van der Waals surface area contributed by atoms with Gasteiger partial charge in [-0.2, -0.15) is 0 Å². The molecular formula is C10H15N4P. The van der Waals surface area contributed by atoms with Crippen molar-refractivity contribution in [1.82, 2.24) is 0 Å². The van der Waals surface area contributed by atoms with Crippen LogP contribution >= 0.6 is 9.39 Å². The second kappa shape index (κ2) is 4.49. The topological polar surface area (TPSA) is 53.6 Å². The van der Waals surface area contributed by atoms with Crippen molar-refractivity contribution in [2.75, 3.05) is 23.1 Å². The molecule has 1 aromatic carbocycles. The van der Waals surface area contributed by atoms with Crippen LogP contribution in [-0.4, -0.2) is 19.0 Å². The van der Waals surface area contributed by atoms with Gasteiger partial charge in [-0.25, -0.2) is 0 Å². The standard InChI is InChI=1S/C10H15N4P/c11-10-12-6-1-7-14(10)9-4-2-8(13-15)3-5-9/h2-5,13H,1,6-7,15H2,(H2,11,12). The van der Waals surface area contributed by atoms with Crippen LogP contribution in [-0.2, 0) is 0 Å². The van der Waals surface area contributed by atoms with Crippen molar-refractivity contribution in [3.8, 4) is 0 Å². The summed E-state index contributed by atoms with van der Waals surface area (Å²) >= 11 is 0. The fourth-order valence-electron chi connectivity index (χ4n) is 1.62. The number of guanidine groups is 1. The molecule has 0 saturated carbocycles. The van der Waals surface area contributed by atoms with Crippen LogP contribution < -0.4 is 15.7 Å². The molecule has 2 rings (SSSR count). The van der Waals surface area contributed by atoms with Crippen LogP contribution in [0.25, 0.3) is 0 Å². The Kier molecular flexibility index (Phi) is 3.07. The van der Waals surface area contributed by atoms with Crippen LogP contribution in [0.3, 0.4) is 0 Å². The number of nitrogens with zero attached hydrogens (tertiary/aromatic N) is 2. The zero-order valence-corrected chi connectivity index (χ0v) is 9.63. The number of nitrogens with two attached hydrogens (primary N) is 1. The third-order valence-electron chi connectivity index (χ3n) is 2.44. The molecule has 1 aromatic rings. The predicted molar refractivity (Wildman–Crippen MR) is 68.2 cm³/mol. The van der Waals surface area contributed by atoms with E-state index in [1.807, 2.05) is 29.2 Å². The number of anilines is 2. The average Bonchev–Trinajstić information content (AvgIpc) is 2.30. The number of rotatable bonds is 2. The van der Waals surface area contributed by atoms with Crippen molar-refractivity contribution in [2.24, 2.45) is 10.7 Å². The third kappa shape index (κ3) is 2.21. The summed E-state index contributed by atoms with van der Waals surface area (Å²) in [5.41, 5.74) is 8.00. The average molecular weight is 222 g/mol. The van der Waals surface area contributed by atoms with Crippen LogP contribution in [0.5, 0.6) is 0 Å². The van der Waals surface area contributed by atoms with Gasteiger partial charge in [0.05, 0.1) is 0 Å². The second-order valence-corrected chi connectivity index (χ2v) is 3.72. The molecule has 1 unspecified atom stereocenters. The Balaban J connectivity index is 2.21. The zero-order valence-electron chi connectivity index (χ0n) is 8.48. The fraction of sp³-hybridized carbons (Fsp3) is 0.300. The maximum Gasteiger partial charge on any atom is 0.195 e. The van der Waals surface area contributed by atoms with Crippen molar-refractivity contribution in [3.05, 3.63) is 24.3 Å². The highest BCUT2D eigenvalue weighted by atomic mass is 31.0. The van der Waals surface area contributed by atoms with Gasteiger partial charge in [0.2, 0.25) is 0 Å². The fourth-order valence-corrected chi connectivity index (χ4v) is 1.81. The molecule has 1 aliphatic rings. The van der Waals surface area contributed by atoms with Crippen LogP contribution in [0.4, 0.5) is 11.4 Å². The minimum absolute atomic E-state index is 0.618. The van der Waals surface area contributed by atoms with Gasteiger partial charge < -0.3 is 15.7 Å². The van der Waals surface area contributed by atoms with E-state index in [4.69, 9.17) is 5.73 Å². The van der Waals surface area contributed by atoms with Crippen LogP contribution in [0.1, 0.15) is 6.42 Å². The number of benzene rings is 1.